The second-order valence-corrected chi connectivity index (χ2v) is 6.23. The van der Waals surface area contributed by atoms with Gasteiger partial charge in [-0.05, 0) is 37.1 Å². The molecule has 114 valence electrons. The summed E-state index contributed by atoms with van der Waals surface area (Å²) >= 11 is 7.72. The third-order valence-electron chi connectivity index (χ3n) is 3.39. The molecular weight excluding hydrogens is 322 g/mol. The van der Waals surface area contributed by atoms with E-state index in [0.29, 0.717) is 16.4 Å². The molecule has 0 fully saturated rings. The summed E-state index contributed by atoms with van der Waals surface area (Å²) < 4.78 is 7.22. The van der Waals surface area contributed by atoms with Crippen LogP contribution in [0.2, 0.25) is 5.02 Å². The summed E-state index contributed by atoms with van der Waals surface area (Å²) in [4.78, 5) is 11.7. The van der Waals surface area contributed by atoms with Crippen molar-refractivity contribution in [1.82, 2.24) is 14.8 Å². The molecule has 0 unspecified atom stereocenters. The summed E-state index contributed by atoms with van der Waals surface area (Å²) in [6, 6.07) is 5.14. The molecule has 1 aromatic carbocycles. The minimum absolute atomic E-state index is 0.359. The van der Waals surface area contributed by atoms with Gasteiger partial charge in [-0.25, -0.2) is 4.79 Å². The molecule has 0 N–H and O–H groups in total. The van der Waals surface area contributed by atoms with Crippen molar-refractivity contribution in [3.63, 3.8) is 0 Å². The van der Waals surface area contributed by atoms with Crippen LogP contribution in [0.25, 0.3) is 11.0 Å². The van der Waals surface area contributed by atoms with Crippen LogP contribution in [-0.4, -0.2) is 14.8 Å². The first-order chi connectivity index (χ1) is 10.6. The number of hydrogen-bond donors (Lipinski definition) is 0. The largest absolute Gasteiger partial charge is 0.423 e. The summed E-state index contributed by atoms with van der Waals surface area (Å²) in [5.41, 5.74) is 1.96. The van der Waals surface area contributed by atoms with Crippen molar-refractivity contribution in [3.8, 4) is 0 Å². The molecule has 0 saturated heterocycles. The Balaban J connectivity index is 1.99. The van der Waals surface area contributed by atoms with E-state index in [1.54, 1.807) is 12.4 Å². The number of hydrogen-bond acceptors (Lipinski definition) is 5. The van der Waals surface area contributed by atoms with E-state index in [2.05, 4.69) is 10.2 Å². The molecule has 3 rings (SSSR count). The molecule has 0 bridgehead atoms. The van der Waals surface area contributed by atoms with Gasteiger partial charge in [-0.2, -0.15) is 0 Å². The molecule has 2 aromatic heterocycles. The second kappa shape index (κ2) is 6.14. The van der Waals surface area contributed by atoms with E-state index in [4.69, 9.17) is 16.0 Å². The summed E-state index contributed by atoms with van der Waals surface area (Å²) in [6.45, 7) is 4.72. The fraction of sp³-hybridized carbons (Fsp3) is 0.267. The van der Waals surface area contributed by atoms with Crippen molar-refractivity contribution in [3.05, 3.63) is 51.1 Å². The SMILES string of the molecule is CCn1cnnc1SCc1cc(=O)oc2cc(C)c(Cl)cc12. The van der Waals surface area contributed by atoms with Crippen LogP contribution in [0.15, 0.2) is 38.9 Å². The minimum Gasteiger partial charge on any atom is -0.423 e. The lowest BCUT2D eigenvalue weighted by Gasteiger charge is -2.07. The Morgan fingerprint density at radius 3 is 2.95 bits per heavy atom. The van der Waals surface area contributed by atoms with Crippen LogP contribution in [0.3, 0.4) is 0 Å². The highest BCUT2D eigenvalue weighted by Gasteiger charge is 2.11. The van der Waals surface area contributed by atoms with Crippen LogP contribution in [0, 0.1) is 6.92 Å². The van der Waals surface area contributed by atoms with E-state index in [1.807, 2.05) is 24.5 Å². The molecule has 0 aliphatic rings. The Bertz CT molecular complexity index is 888. The normalized spacial score (nSPS) is 11.2. The van der Waals surface area contributed by atoms with Crippen molar-refractivity contribution in [2.75, 3.05) is 0 Å². The van der Waals surface area contributed by atoms with Gasteiger partial charge in [0.1, 0.15) is 11.9 Å². The van der Waals surface area contributed by atoms with Crippen LogP contribution in [0.4, 0.5) is 0 Å². The lowest BCUT2D eigenvalue weighted by Crippen LogP contribution is -2.01. The zero-order valence-electron chi connectivity index (χ0n) is 12.2. The average molecular weight is 336 g/mol. The number of rotatable bonds is 4. The smallest absolute Gasteiger partial charge is 0.336 e. The fourth-order valence-corrected chi connectivity index (χ4v) is 3.32. The summed E-state index contributed by atoms with van der Waals surface area (Å²) in [5.74, 6) is 0.597. The number of thioether (sulfide) groups is 1. The highest BCUT2D eigenvalue weighted by molar-refractivity contribution is 7.98. The molecular formula is C15H14ClN3O2S. The van der Waals surface area contributed by atoms with E-state index in [1.165, 1.54) is 17.8 Å². The number of benzene rings is 1. The molecule has 0 aliphatic carbocycles. The van der Waals surface area contributed by atoms with Crippen LogP contribution >= 0.6 is 23.4 Å². The van der Waals surface area contributed by atoms with Gasteiger partial charge in [0.05, 0.1) is 0 Å². The quantitative estimate of drug-likeness (QED) is 0.538. The van der Waals surface area contributed by atoms with Crippen LogP contribution in [-0.2, 0) is 12.3 Å². The first-order valence-electron chi connectivity index (χ1n) is 6.82. The van der Waals surface area contributed by atoms with Gasteiger partial charge in [0, 0.05) is 28.8 Å². The molecule has 3 aromatic rings. The molecule has 0 radical (unpaired) electrons. The second-order valence-electron chi connectivity index (χ2n) is 4.88. The number of aromatic nitrogens is 3. The predicted octanol–water partition coefficient (Wildman–Crippen LogP) is 3.66. The minimum atomic E-state index is -0.359. The van der Waals surface area contributed by atoms with Crippen molar-refractivity contribution < 1.29 is 4.42 Å². The lowest BCUT2D eigenvalue weighted by atomic mass is 10.1. The first-order valence-corrected chi connectivity index (χ1v) is 8.18. The van der Waals surface area contributed by atoms with E-state index in [0.717, 1.165) is 28.2 Å². The molecule has 2 heterocycles. The number of aryl methyl sites for hydroxylation is 2. The highest BCUT2D eigenvalue weighted by Crippen LogP contribution is 2.29. The maximum atomic E-state index is 11.7. The Morgan fingerprint density at radius 1 is 1.36 bits per heavy atom. The molecule has 0 amide bonds. The molecule has 22 heavy (non-hydrogen) atoms. The van der Waals surface area contributed by atoms with Crippen LogP contribution < -0.4 is 5.63 Å². The third-order valence-corrected chi connectivity index (χ3v) is 4.82. The molecule has 0 atom stereocenters. The molecule has 0 aliphatic heterocycles. The summed E-state index contributed by atoms with van der Waals surface area (Å²) in [7, 11) is 0. The van der Waals surface area contributed by atoms with Gasteiger partial charge >= 0.3 is 5.63 Å². The number of fused-ring (bicyclic) bond motifs is 1. The molecule has 0 spiro atoms. The Labute approximate surface area is 136 Å². The lowest BCUT2D eigenvalue weighted by molar-refractivity contribution is 0.559. The van der Waals surface area contributed by atoms with Gasteiger partial charge in [-0.3, -0.25) is 0 Å². The van der Waals surface area contributed by atoms with Gasteiger partial charge < -0.3 is 8.98 Å². The van der Waals surface area contributed by atoms with Crippen LogP contribution in [0.1, 0.15) is 18.1 Å². The van der Waals surface area contributed by atoms with Gasteiger partial charge in [-0.1, -0.05) is 23.4 Å². The maximum absolute atomic E-state index is 11.7. The maximum Gasteiger partial charge on any atom is 0.336 e. The predicted molar refractivity (Wildman–Crippen MR) is 87.5 cm³/mol. The van der Waals surface area contributed by atoms with E-state index in [-0.39, 0.29) is 5.63 Å². The van der Waals surface area contributed by atoms with Gasteiger partial charge in [0.25, 0.3) is 0 Å². The third kappa shape index (κ3) is 2.89. The topological polar surface area (TPSA) is 60.9 Å². The average Bonchev–Trinajstić information content (AvgIpc) is 2.94. The zero-order chi connectivity index (χ0) is 15.7. The van der Waals surface area contributed by atoms with Crippen LogP contribution in [0.5, 0.6) is 0 Å². The Morgan fingerprint density at radius 2 is 2.18 bits per heavy atom. The Hall–Kier alpha value is -1.79. The zero-order valence-corrected chi connectivity index (χ0v) is 13.7. The van der Waals surface area contributed by atoms with E-state index in [9.17, 15) is 4.79 Å². The fourth-order valence-electron chi connectivity index (χ4n) is 2.18. The van der Waals surface area contributed by atoms with E-state index < -0.39 is 0 Å². The van der Waals surface area contributed by atoms with Crippen molar-refractivity contribution in [1.29, 1.82) is 0 Å². The first kappa shape index (κ1) is 15.1. The van der Waals surface area contributed by atoms with Gasteiger partial charge in [0.15, 0.2) is 5.16 Å². The molecule has 7 heteroatoms. The van der Waals surface area contributed by atoms with E-state index >= 15 is 0 Å². The van der Waals surface area contributed by atoms with Gasteiger partial charge in [0.2, 0.25) is 0 Å². The van der Waals surface area contributed by atoms with Crippen molar-refractivity contribution in [2.45, 2.75) is 31.3 Å². The number of halogens is 1. The summed E-state index contributed by atoms with van der Waals surface area (Å²) in [6.07, 6.45) is 1.69. The molecule has 0 saturated carbocycles. The van der Waals surface area contributed by atoms with Gasteiger partial charge in [-0.15, -0.1) is 10.2 Å². The van der Waals surface area contributed by atoms with Crippen molar-refractivity contribution in [2.24, 2.45) is 0 Å². The molecule has 5 nitrogen and oxygen atoms in total. The van der Waals surface area contributed by atoms with Crippen molar-refractivity contribution >= 4 is 34.3 Å². The summed E-state index contributed by atoms with van der Waals surface area (Å²) in [5, 5.41) is 10.3. The standard InChI is InChI=1S/C15H14ClN3O2S/c1-3-19-8-17-18-15(19)22-7-10-5-14(20)21-13-4-9(2)12(16)6-11(10)13/h4-6,8H,3,7H2,1-2H3. The highest BCUT2D eigenvalue weighted by atomic mass is 35.5. The Kier molecular flexibility index (Phi) is 4.22. The number of nitrogens with zero attached hydrogens (tertiary/aromatic N) is 3. The monoisotopic (exact) mass is 335 g/mol.